The topological polar surface area (TPSA) is 65.1 Å². The molecule has 0 aliphatic carbocycles. The highest BCUT2D eigenvalue weighted by Crippen LogP contribution is 2.30. The van der Waals surface area contributed by atoms with Crippen LogP contribution < -0.4 is 16.2 Å². The van der Waals surface area contributed by atoms with E-state index in [1.54, 1.807) is 24.4 Å². The molecule has 2 aromatic rings. The van der Waals surface area contributed by atoms with Crippen LogP contribution in [0.1, 0.15) is 5.69 Å². The van der Waals surface area contributed by atoms with Gasteiger partial charge in [0.15, 0.2) is 34.8 Å². The molecule has 0 aliphatic rings. The van der Waals surface area contributed by atoms with E-state index in [1.165, 1.54) is 0 Å². The van der Waals surface area contributed by atoms with Gasteiger partial charge < -0.3 is 10.2 Å². The zero-order valence-electron chi connectivity index (χ0n) is 14.6. The lowest BCUT2D eigenvalue weighted by molar-refractivity contribution is -0.141. The first-order valence-corrected chi connectivity index (χ1v) is 7.69. The number of alkyl halides is 3. The average Bonchev–Trinajstić information content (AvgIpc) is 2.59. The van der Waals surface area contributed by atoms with E-state index in [9.17, 15) is 30.7 Å². The Morgan fingerprint density at radius 3 is 2.07 bits per heavy atom. The Hall–Kier alpha value is -2.83. The molecule has 1 aromatic carbocycles. The molecular formula is C15H15F7N6. The minimum atomic E-state index is -4.83. The van der Waals surface area contributed by atoms with Gasteiger partial charge >= 0.3 is 6.18 Å². The predicted molar refractivity (Wildman–Crippen MR) is 87.6 cm³/mol. The summed E-state index contributed by atoms with van der Waals surface area (Å²) in [5.41, 5.74) is 1.17. The molecule has 1 aromatic heterocycles. The Labute approximate surface area is 154 Å². The van der Waals surface area contributed by atoms with Crippen molar-refractivity contribution in [2.75, 3.05) is 43.4 Å². The molecule has 3 N–H and O–H groups in total. The van der Waals surface area contributed by atoms with Gasteiger partial charge in [-0.25, -0.2) is 22.5 Å². The highest BCUT2D eigenvalue weighted by molar-refractivity contribution is 5.53. The Bertz CT molecular complexity index is 814. The Morgan fingerprint density at radius 1 is 0.929 bits per heavy atom. The number of aromatic nitrogens is 2. The van der Waals surface area contributed by atoms with Crippen LogP contribution >= 0.6 is 0 Å². The number of rotatable bonds is 7. The summed E-state index contributed by atoms with van der Waals surface area (Å²) in [5.74, 6) is -7.85. The minimum absolute atomic E-state index is 0.00490. The third-order valence-corrected chi connectivity index (χ3v) is 3.29. The first kappa shape index (κ1) is 21.5. The fourth-order valence-corrected chi connectivity index (χ4v) is 1.94. The van der Waals surface area contributed by atoms with Gasteiger partial charge in [0.2, 0.25) is 5.95 Å². The van der Waals surface area contributed by atoms with Crippen molar-refractivity contribution in [1.29, 1.82) is 0 Å². The monoisotopic (exact) mass is 412 g/mol. The zero-order chi connectivity index (χ0) is 21.1. The lowest BCUT2D eigenvalue weighted by Crippen LogP contribution is -2.23. The Morgan fingerprint density at radius 2 is 1.54 bits per heavy atom. The van der Waals surface area contributed by atoms with Gasteiger partial charge in [0.05, 0.1) is 0 Å². The highest BCUT2D eigenvalue weighted by Gasteiger charge is 2.34. The second kappa shape index (κ2) is 8.46. The van der Waals surface area contributed by atoms with Gasteiger partial charge in [-0.05, 0) is 14.1 Å². The summed E-state index contributed by atoms with van der Waals surface area (Å²) in [6.07, 6.45) is -4.83. The summed E-state index contributed by atoms with van der Waals surface area (Å²) in [6, 6.07) is 0.449. The summed E-state index contributed by atoms with van der Waals surface area (Å²) >= 11 is 0. The maximum absolute atomic E-state index is 13.6. The van der Waals surface area contributed by atoms with Crippen LogP contribution in [0.4, 0.5) is 48.2 Å². The van der Waals surface area contributed by atoms with Gasteiger partial charge in [0.1, 0.15) is 5.69 Å². The van der Waals surface area contributed by atoms with E-state index in [2.05, 4.69) is 15.3 Å². The van der Waals surface area contributed by atoms with Gasteiger partial charge in [-0.15, -0.1) is 0 Å². The van der Waals surface area contributed by atoms with Crippen molar-refractivity contribution in [3.63, 3.8) is 0 Å². The summed E-state index contributed by atoms with van der Waals surface area (Å²) in [5, 5.41) is 2.57. The third kappa shape index (κ3) is 5.34. The molecule has 0 saturated heterocycles. The molecule has 13 heteroatoms. The lowest BCUT2D eigenvalue weighted by atomic mass is 10.2. The number of anilines is 3. The predicted octanol–water partition coefficient (Wildman–Crippen LogP) is 3.46. The molecule has 0 atom stereocenters. The molecule has 1 heterocycles. The van der Waals surface area contributed by atoms with Gasteiger partial charge in [-0.3, -0.25) is 10.9 Å². The number of hydrazine groups is 1. The van der Waals surface area contributed by atoms with Crippen LogP contribution in [0.5, 0.6) is 0 Å². The van der Waals surface area contributed by atoms with Crippen molar-refractivity contribution in [3.05, 3.63) is 41.1 Å². The van der Waals surface area contributed by atoms with Crippen LogP contribution in [-0.4, -0.2) is 42.1 Å². The molecule has 0 radical (unpaired) electrons. The molecule has 6 nitrogen and oxygen atoms in total. The standard InChI is InChI=1S/C15H15F7N6/c1-28(2)4-3-23-14-24-9(15(20,21)22)6-10(25-14)26-27-13-11(18)7(16)5-8(17)12(13)19/h5-6,27H,3-4H2,1-2H3,(H2,23,24,25,26). The maximum Gasteiger partial charge on any atom is 0.433 e. The van der Waals surface area contributed by atoms with Crippen molar-refractivity contribution in [2.24, 2.45) is 0 Å². The van der Waals surface area contributed by atoms with Crippen LogP contribution in [0, 0.1) is 23.3 Å². The fourth-order valence-electron chi connectivity index (χ4n) is 1.94. The number of hydrogen-bond donors (Lipinski definition) is 3. The molecule has 28 heavy (non-hydrogen) atoms. The van der Waals surface area contributed by atoms with Gasteiger partial charge in [0.25, 0.3) is 0 Å². The van der Waals surface area contributed by atoms with E-state index >= 15 is 0 Å². The van der Waals surface area contributed by atoms with Crippen molar-refractivity contribution >= 4 is 17.5 Å². The molecule has 0 aliphatic heterocycles. The number of likely N-dealkylation sites (N-methyl/N-ethyl adjacent to an activating group) is 1. The van der Waals surface area contributed by atoms with Crippen molar-refractivity contribution in [1.82, 2.24) is 14.9 Å². The SMILES string of the molecule is CN(C)CCNc1nc(NNc2c(F)c(F)cc(F)c2F)cc(C(F)(F)F)n1. The van der Waals surface area contributed by atoms with E-state index < -0.39 is 52.6 Å². The number of hydrogen-bond acceptors (Lipinski definition) is 6. The Kier molecular flexibility index (Phi) is 6.48. The quantitative estimate of drug-likeness (QED) is 0.368. The normalized spacial score (nSPS) is 11.6. The van der Waals surface area contributed by atoms with Gasteiger partial charge in [-0.1, -0.05) is 0 Å². The second-order valence-electron chi connectivity index (χ2n) is 5.78. The zero-order valence-corrected chi connectivity index (χ0v) is 14.6. The van der Waals surface area contributed by atoms with Crippen LogP contribution in [0.15, 0.2) is 12.1 Å². The Balaban J connectivity index is 2.27. The van der Waals surface area contributed by atoms with E-state index in [0.29, 0.717) is 12.6 Å². The largest absolute Gasteiger partial charge is 0.433 e. The molecule has 0 saturated carbocycles. The fraction of sp³-hybridized carbons (Fsp3) is 0.333. The molecule has 0 unspecified atom stereocenters. The van der Waals surface area contributed by atoms with E-state index in [-0.39, 0.29) is 12.6 Å². The summed E-state index contributed by atoms with van der Waals surface area (Å²) in [7, 11) is 3.49. The molecule has 0 spiro atoms. The van der Waals surface area contributed by atoms with Crippen molar-refractivity contribution < 1.29 is 30.7 Å². The number of halogens is 7. The third-order valence-electron chi connectivity index (χ3n) is 3.29. The summed E-state index contributed by atoms with van der Waals surface area (Å²) < 4.78 is 92.6. The first-order chi connectivity index (χ1) is 13.0. The average molecular weight is 412 g/mol. The van der Waals surface area contributed by atoms with Crippen molar-refractivity contribution in [2.45, 2.75) is 6.18 Å². The smallest absolute Gasteiger partial charge is 0.353 e. The highest BCUT2D eigenvalue weighted by atomic mass is 19.4. The molecule has 2 rings (SSSR count). The van der Waals surface area contributed by atoms with Crippen LogP contribution in [0.25, 0.3) is 0 Å². The lowest BCUT2D eigenvalue weighted by Gasteiger charge is -2.15. The van der Waals surface area contributed by atoms with Gasteiger partial charge in [0, 0.05) is 25.2 Å². The maximum atomic E-state index is 13.6. The van der Waals surface area contributed by atoms with Crippen LogP contribution in [0.3, 0.4) is 0 Å². The van der Waals surface area contributed by atoms with Crippen LogP contribution in [-0.2, 0) is 6.18 Å². The van der Waals surface area contributed by atoms with E-state index in [4.69, 9.17) is 0 Å². The minimum Gasteiger partial charge on any atom is -0.353 e. The summed E-state index contributed by atoms with van der Waals surface area (Å²) in [6.45, 7) is 0.666. The van der Waals surface area contributed by atoms with Crippen LogP contribution in [0.2, 0.25) is 0 Å². The molecule has 154 valence electrons. The van der Waals surface area contributed by atoms with E-state index in [0.717, 1.165) is 0 Å². The number of benzene rings is 1. The molecule has 0 amide bonds. The van der Waals surface area contributed by atoms with Crippen molar-refractivity contribution in [3.8, 4) is 0 Å². The molecule has 0 fully saturated rings. The summed E-state index contributed by atoms with van der Waals surface area (Å²) in [4.78, 5) is 8.79. The number of nitrogens with zero attached hydrogens (tertiary/aromatic N) is 3. The second-order valence-corrected chi connectivity index (χ2v) is 5.78. The molecule has 0 bridgehead atoms. The van der Waals surface area contributed by atoms with E-state index in [1.807, 2.05) is 5.43 Å². The first-order valence-electron chi connectivity index (χ1n) is 7.69. The van der Waals surface area contributed by atoms with Gasteiger partial charge in [-0.2, -0.15) is 18.2 Å². The number of nitrogens with one attached hydrogen (secondary N) is 3. The molecular weight excluding hydrogens is 397 g/mol.